The normalized spacial score (nSPS) is 15.5. The highest BCUT2D eigenvalue weighted by molar-refractivity contribution is 7.21. The molecular formula is C21H21N3O2S2. The third-order valence-electron chi connectivity index (χ3n) is 5.54. The van der Waals surface area contributed by atoms with Gasteiger partial charge in [0.1, 0.15) is 10.6 Å². The average Bonchev–Trinajstić information content (AvgIpc) is 3.41. The maximum atomic E-state index is 13.0. The minimum absolute atomic E-state index is 0.148. The van der Waals surface area contributed by atoms with Crippen LogP contribution in [-0.4, -0.2) is 40.4 Å². The molecule has 3 aromatic heterocycles. The molecule has 0 radical (unpaired) electrons. The fourth-order valence-corrected chi connectivity index (χ4v) is 5.71. The number of fused-ring (bicyclic) bond motifs is 3. The summed E-state index contributed by atoms with van der Waals surface area (Å²) in [5.74, 6) is 1.67. The van der Waals surface area contributed by atoms with Gasteiger partial charge in [0.05, 0.1) is 17.5 Å². The molecule has 5 rings (SSSR count). The quantitative estimate of drug-likeness (QED) is 0.488. The van der Waals surface area contributed by atoms with Crippen molar-refractivity contribution in [3.63, 3.8) is 0 Å². The lowest BCUT2D eigenvalue weighted by atomic mass is 9.90. The van der Waals surface area contributed by atoms with E-state index in [1.807, 2.05) is 34.7 Å². The molecule has 4 aromatic rings. The second-order valence-electron chi connectivity index (χ2n) is 7.26. The van der Waals surface area contributed by atoms with Crippen molar-refractivity contribution in [1.29, 1.82) is 0 Å². The number of hydrogen-bond acceptors (Lipinski definition) is 5. The number of piperidine rings is 1. The third kappa shape index (κ3) is 3.18. The van der Waals surface area contributed by atoms with Crippen LogP contribution in [0.15, 0.2) is 41.9 Å². The van der Waals surface area contributed by atoms with E-state index in [0.717, 1.165) is 58.3 Å². The Morgan fingerprint density at radius 1 is 1.25 bits per heavy atom. The van der Waals surface area contributed by atoms with Gasteiger partial charge in [-0.2, -0.15) is 0 Å². The van der Waals surface area contributed by atoms with Crippen LogP contribution in [0.3, 0.4) is 0 Å². The number of rotatable bonds is 4. The first kappa shape index (κ1) is 17.7. The van der Waals surface area contributed by atoms with Gasteiger partial charge in [-0.05, 0) is 48.9 Å². The van der Waals surface area contributed by atoms with E-state index >= 15 is 0 Å². The van der Waals surface area contributed by atoms with Gasteiger partial charge >= 0.3 is 0 Å². The number of aromatic nitrogens is 2. The number of thiophene rings is 1. The van der Waals surface area contributed by atoms with E-state index in [4.69, 9.17) is 4.74 Å². The fraction of sp³-hybridized carbons (Fsp3) is 0.333. The van der Waals surface area contributed by atoms with Crippen molar-refractivity contribution in [2.75, 3.05) is 20.2 Å². The van der Waals surface area contributed by atoms with Gasteiger partial charge in [-0.25, -0.2) is 4.98 Å². The first-order chi connectivity index (χ1) is 13.7. The van der Waals surface area contributed by atoms with Crippen molar-refractivity contribution in [1.82, 2.24) is 14.3 Å². The molecule has 28 heavy (non-hydrogen) atoms. The van der Waals surface area contributed by atoms with Gasteiger partial charge in [-0.15, -0.1) is 22.7 Å². The lowest BCUT2D eigenvalue weighted by Gasteiger charge is -2.31. The largest absolute Gasteiger partial charge is 0.497 e. The molecule has 0 spiro atoms. The van der Waals surface area contributed by atoms with Crippen LogP contribution in [-0.2, 0) is 6.42 Å². The summed E-state index contributed by atoms with van der Waals surface area (Å²) < 4.78 is 7.29. The van der Waals surface area contributed by atoms with Crippen molar-refractivity contribution in [3.8, 4) is 5.75 Å². The van der Waals surface area contributed by atoms with Crippen molar-refractivity contribution in [2.45, 2.75) is 19.3 Å². The van der Waals surface area contributed by atoms with Gasteiger partial charge in [-0.3, -0.25) is 9.20 Å². The summed E-state index contributed by atoms with van der Waals surface area (Å²) >= 11 is 3.13. The number of methoxy groups -OCH3 is 1. The second-order valence-corrected chi connectivity index (χ2v) is 9.16. The van der Waals surface area contributed by atoms with Gasteiger partial charge in [0.15, 0.2) is 4.96 Å². The Labute approximate surface area is 171 Å². The number of nitrogens with zero attached hydrogens (tertiary/aromatic N) is 3. The molecular weight excluding hydrogens is 390 g/mol. The number of likely N-dealkylation sites (tertiary alicyclic amines) is 1. The predicted molar refractivity (Wildman–Crippen MR) is 114 cm³/mol. The molecule has 1 saturated heterocycles. The van der Waals surface area contributed by atoms with E-state index in [-0.39, 0.29) is 5.91 Å². The Morgan fingerprint density at radius 2 is 2.04 bits per heavy atom. The first-order valence-corrected chi connectivity index (χ1v) is 11.2. The number of carbonyl (C=O) groups is 1. The molecule has 1 amide bonds. The third-order valence-corrected chi connectivity index (χ3v) is 7.30. The van der Waals surface area contributed by atoms with Crippen molar-refractivity contribution in [3.05, 3.63) is 52.3 Å². The fourth-order valence-electron chi connectivity index (χ4n) is 3.94. The molecule has 144 valence electrons. The van der Waals surface area contributed by atoms with Crippen LogP contribution in [0.25, 0.3) is 15.3 Å². The van der Waals surface area contributed by atoms with E-state index in [1.165, 1.54) is 16.9 Å². The van der Waals surface area contributed by atoms with Gasteiger partial charge < -0.3 is 9.64 Å². The Bertz CT molecular complexity index is 1120. The molecule has 7 heteroatoms. The SMILES string of the molecule is COc1ccc(CC2CCN(C(=O)c3cc4c(nc5sccn54)s3)CC2)cc1. The Hall–Kier alpha value is -2.38. The molecule has 1 aliphatic heterocycles. The number of carbonyl (C=O) groups excluding carboxylic acids is 1. The standard InChI is InChI=1S/C21H21N3O2S2/c1-26-16-4-2-14(3-5-16)12-15-6-8-23(9-7-15)20(25)18-13-17-19(28-18)22-21-24(17)10-11-27-21/h2-5,10-11,13,15H,6-9,12H2,1H3. The average molecular weight is 412 g/mol. The molecule has 0 N–H and O–H groups in total. The van der Waals surface area contributed by atoms with Gasteiger partial charge in [0.2, 0.25) is 0 Å². The Kier molecular flexibility index (Phi) is 4.56. The zero-order chi connectivity index (χ0) is 19.1. The van der Waals surface area contributed by atoms with Crippen LogP contribution in [0, 0.1) is 5.92 Å². The number of benzene rings is 1. The highest BCUT2D eigenvalue weighted by Gasteiger charge is 2.25. The molecule has 1 aliphatic rings. The summed E-state index contributed by atoms with van der Waals surface area (Å²) in [5.41, 5.74) is 2.38. The molecule has 0 saturated carbocycles. The molecule has 1 fully saturated rings. The van der Waals surface area contributed by atoms with Crippen LogP contribution in [0.5, 0.6) is 5.75 Å². The molecule has 5 nitrogen and oxygen atoms in total. The van der Waals surface area contributed by atoms with E-state index in [2.05, 4.69) is 21.5 Å². The molecule has 0 unspecified atom stereocenters. The molecule has 0 atom stereocenters. The molecule has 0 aliphatic carbocycles. The molecule has 1 aromatic carbocycles. The number of imidazole rings is 1. The summed E-state index contributed by atoms with van der Waals surface area (Å²) in [6, 6.07) is 10.3. The smallest absolute Gasteiger partial charge is 0.264 e. The minimum atomic E-state index is 0.148. The van der Waals surface area contributed by atoms with Gasteiger partial charge in [0, 0.05) is 24.7 Å². The van der Waals surface area contributed by atoms with Gasteiger partial charge in [0.25, 0.3) is 5.91 Å². The van der Waals surface area contributed by atoms with Crippen molar-refractivity contribution < 1.29 is 9.53 Å². The minimum Gasteiger partial charge on any atom is -0.497 e. The number of amides is 1. The van der Waals surface area contributed by atoms with Crippen LogP contribution >= 0.6 is 22.7 Å². The van der Waals surface area contributed by atoms with Crippen LogP contribution in [0.4, 0.5) is 0 Å². The van der Waals surface area contributed by atoms with E-state index in [9.17, 15) is 4.79 Å². The topological polar surface area (TPSA) is 46.8 Å². The maximum Gasteiger partial charge on any atom is 0.264 e. The van der Waals surface area contributed by atoms with Crippen molar-refractivity contribution in [2.24, 2.45) is 5.92 Å². The lowest BCUT2D eigenvalue weighted by Crippen LogP contribution is -2.38. The van der Waals surface area contributed by atoms with E-state index in [0.29, 0.717) is 5.92 Å². The number of hydrogen-bond donors (Lipinski definition) is 0. The van der Waals surface area contributed by atoms with Crippen molar-refractivity contribution >= 4 is 43.9 Å². The summed E-state index contributed by atoms with van der Waals surface area (Å²) in [5, 5.41) is 2.02. The highest BCUT2D eigenvalue weighted by atomic mass is 32.1. The summed E-state index contributed by atoms with van der Waals surface area (Å²) in [6.45, 7) is 1.66. The van der Waals surface area contributed by atoms with E-state index in [1.54, 1.807) is 18.4 Å². The second kappa shape index (κ2) is 7.22. The van der Waals surface area contributed by atoms with Crippen LogP contribution in [0.2, 0.25) is 0 Å². The number of ether oxygens (including phenoxy) is 1. The zero-order valence-corrected chi connectivity index (χ0v) is 17.3. The highest BCUT2D eigenvalue weighted by Crippen LogP contribution is 2.30. The summed E-state index contributed by atoms with van der Waals surface area (Å²) in [4.78, 5) is 22.3. The Balaban J connectivity index is 1.23. The van der Waals surface area contributed by atoms with Crippen LogP contribution in [0.1, 0.15) is 28.1 Å². The number of thiazole rings is 1. The maximum absolute atomic E-state index is 13.0. The first-order valence-electron chi connectivity index (χ1n) is 9.48. The van der Waals surface area contributed by atoms with Gasteiger partial charge in [-0.1, -0.05) is 12.1 Å². The lowest BCUT2D eigenvalue weighted by molar-refractivity contribution is 0.0695. The summed E-state index contributed by atoms with van der Waals surface area (Å²) in [6.07, 6.45) is 5.18. The Morgan fingerprint density at radius 3 is 2.79 bits per heavy atom. The van der Waals surface area contributed by atoms with Crippen LogP contribution < -0.4 is 4.74 Å². The zero-order valence-electron chi connectivity index (χ0n) is 15.6. The monoisotopic (exact) mass is 411 g/mol. The van der Waals surface area contributed by atoms with E-state index < -0.39 is 0 Å². The predicted octanol–water partition coefficient (Wildman–Crippen LogP) is 4.71. The molecule has 0 bridgehead atoms. The summed E-state index contributed by atoms with van der Waals surface area (Å²) in [7, 11) is 1.69. The molecule has 4 heterocycles.